The van der Waals surface area contributed by atoms with Gasteiger partial charge < -0.3 is 15.6 Å². The van der Waals surface area contributed by atoms with Crippen LogP contribution in [0.5, 0.6) is 11.5 Å². The molecule has 1 heterocycles. The maximum atomic E-state index is 14.3. The van der Waals surface area contributed by atoms with Crippen LogP contribution in [0.1, 0.15) is 6.42 Å². The largest absolute Gasteiger partial charge is 0.481 e. The molecule has 0 bridgehead atoms. The van der Waals surface area contributed by atoms with E-state index in [-0.39, 0.29) is 24.5 Å². The van der Waals surface area contributed by atoms with Gasteiger partial charge in [0, 0.05) is 16.6 Å². The Morgan fingerprint density at radius 2 is 2.04 bits per heavy atom. The number of carbonyl (C=O) groups is 1. The summed E-state index contributed by atoms with van der Waals surface area (Å²) in [5, 5.41) is 21.0. The summed E-state index contributed by atoms with van der Waals surface area (Å²) in [6.45, 7) is 0.0829. The van der Waals surface area contributed by atoms with E-state index in [0.717, 1.165) is 0 Å². The Bertz CT molecular complexity index is 948. The summed E-state index contributed by atoms with van der Waals surface area (Å²) in [4.78, 5) is 11.8. The van der Waals surface area contributed by atoms with Crippen molar-refractivity contribution >= 4 is 17.6 Å². The van der Waals surface area contributed by atoms with Crippen LogP contribution in [0.3, 0.4) is 0 Å². The molecule has 0 amide bonds. The van der Waals surface area contributed by atoms with E-state index in [1.807, 2.05) is 0 Å². The monoisotopic (exact) mass is 391 g/mol. The zero-order chi connectivity index (χ0) is 19.4. The predicted molar refractivity (Wildman–Crippen MR) is 95.0 cm³/mol. The van der Waals surface area contributed by atoms with Crippen molar-refractivity contribution in [2.75, 3.05) is 0 Å². The molecule has 8 nitrogen and oxygen atoms in total. The molecule has 0 aliphatic heterocycles. The number of carboxylic acids is 1. The number of tetrazole rings is 1. The van der Waals surface area contributed by atoms with Crippen molar-refractivity contribution in [2.45, 2.75) is 19.0 Å². The van der Waals surface area contributed by atoms with Crippen molar-refractivity contribution in [3.05, 3.63) is 53.3 Å². The van der Waals surface area contributed by atoms with E-state index in [1.165, 1.54) is 16.9 Å². The first-order valence-electron chi connectivity index (χ1n) is 7.89. The van der Waals surface area contributed by atoms with Gasteiger partial charge in [-0.3, -0.25) is 4.79 Å². The van der Waals surface area contributed by atoms with Gasteiger partial charge in [-0.15, -0.1) is 10.2 Å². The number of aromatic nitrogens is 4. The van der Waals surface area contributed by atoms with Gasteiger partial charge in [0.15, 0.2) is 11.6 Å². The van der Waals surface area contributed by atoms with E-state index in [0.29, 0.717) is 16.3 Å². The highest BCUT2D eigenvalue weighted by Crippen LogP contribution is 2.28. The van der Waals surface area contributed by atoms with Crippen molar-refractivity contribution < 1.29 is 19.0 Å². The average molecular weight is 392 g/mol. The number of nitrogens with zero attached hydrogens (tertiary/aromatic N) is 4. The minimum atomic E-state index is -1.01. The van der Waals surface area contributed by atoms with Crippen molar-refractivity contribution in [3.63, 3.8) is 0 Å². The molecule has 0 fully saturated rings. The van der Waals surface area contributed by atoms with Crippen LogP contribution in [0.15, 0.2) is 42.5 Å². The molecule has 0 aliphatic carbocycles. The first-order valence-corrected chi connectivity index (χ1v) is 8.27. The van der Waals surface area contributed by atoms with Gasteiger partial charge >= 0.3 is 5.97 Å². The molecule has 0 saturated carbocycles. The SMILES string of the molecule is N[C@@H](CC(=O)O)Cn1nnc(-c2ccc(Oc3ccc(Cl)cc3)c(F)c2)n1. The number of halogens is 2. The molecule has 1 aromatic heterocycles. The van der Waals surface area contributed by atoms with E-state index >= 15 is 0 Å². The maximum absolute atomic E-state index is 14.3. The van der Waals surface area contributed by atoms with Crippen molar-refractivity contribution in [1.29, 1.82) is 0 Å². The summed E-state index contributed by atoms with van der Waals surface area (Å²) >= 11 is 5.80. The van der Waals surface area contributed by atoms with Crippen LogP contribution in [-0.4, -0.2) is 37.3 Å². The van der Waals surface area contributed by atoms with Crippen LogP contribution >= 0.6 is 11.6 Å². The minimum Gasteiger partial charge on any atom is -0.481 e. The summed E-state index contributed by atoms with van der Waals surface area (Å²) in [5.41, 5.74) is 6.08. The van der Waals surface area contributed by atoms with E-state index < -0.39 is 17.8 Å². The molecule has 0 radical (unpaired) electrons. The molecular weight excluding hydrogens is 377 g/mol. The highest BCUT2D eigenvalue weighted by atomic mass is 35.5. The Morgan fingerprint density at radius 3 is 2.70 bits per heavy atom. The lowest BCUT2D eigenvalue weighted by molar-refractivity contribution is -0.137. The number of carboxylic acid groups (broad SMARTS) is 1. The van der Waals surface area contributed by atoms with E-state index in [9.17, 15) is 9.18 Å². The van der Waals surface area contributed by atoms with Crippen LogP contribution in [-0.2, 0) is 11.3 Å². The quantitative estimate of drug-likeness (QED) is 0.636. The van der Waals surface area contributed by atoms with E-state index in [4.69, 9.17) is 27.2 Å². The number of benzene rings is 2. The fourth-order valence-electron chi connectivity index (χ4n) is 2.29. The lowest BCUT2D eigenvalue weighted by atomic mass is 10.2. The number of hydrogen-bond donors (Lipinski definition) is 2. The first-order chi connectivity index (χ1) is 12.9. The van der Waals surface area contributed by atoms with E-state index in [1.54, 1.807) is 30.3 Å². The fourth-order valence-corrected chi connectivity index (χ4v) is 2.41. The molecule has 0 saturated heterocycles. The number of ether oxygens (including phenoxy) is 1. The molecule has 10 heteroatoms. The summed E-state index contributed by atoms with van der Waals surface area (Å²) in [5.74, 6) is -0.934. The molecule has 140 valence electrons. The smallest absolute Gasteiger partial charge is 0.304 e. The summed E-state index contributed by atoms with van der Waals surface area (Å²) < 4.78 is 19.8. The van der Waals surface area contributed by atoms with Crippen molar-refractivity contribution in [3.8, 4) is 22.9 Å². The van der Waals surface area contributed by atoms with Gasteiger partial charge in [-0.25, -0.2) is 4.39 Å². The molecule has 3 rings (SSSR count). The summed E-state index contributed by atoms with van der Waals surface area (Å²) in [6, 6.07) is 10.1. The van der Waals surface area contributed by atoms with Crippen molar-refractivity contribution in [1.82, 2.24) is 20.2 Å². The van der Waals surface area contributed by atoms with Gasteiger partial charge in [0.25, 0.3) is 0 Å². The Labute approximate surface area is 158 Å². The zero-order valence-corrected chi connectivity index (χ0v) is 14.7. The zero-order valence-electron chi connectivity index (χ0n) is 13.9. The van der Waals surface area contributed by atoms with Gasteiger partial charge in [-0.2, -0.15) is 4.80 Å². The Balaban J connectivity index is 1.72. The van der Waals surface area contributed by atoms with Gasteiger partial charge in [0.05, 0.1) is 13.0 Å². The second-order valence-corrected chi connectivity index (χ2v) is 6.16. The molecule has 0 unspecified atom stereocenters. The van der Waals surface area contributed by atoms with Crippen LogP contribution in [0.25, 0.3) is 11.4 Å². The molecule has 3 aromatic rings. The second-order valence-electron chi connectivity index (χ2n) is 5.73. The van der Waals surface area contributed by atoms with Crippen LogP contribution in [0, 0.1) is 5.82 Å². The molecule has 0 spiro atoms. The third-order valence-corrected chi connectivity index (χ3v) is 3.77. The number of rotatable bonds is 7. The third-order valence-electron chi connectivity index (χ3n) is 3.52. The number of nitrogens with two attached hydrogens (primary N) is 1. The lowest BCUT2D eigenvalue weighted by Crippen LogP contribution is -2.30. The van der Waals surface area contributed by atoms with E-state index in [2.05, 4.69) is 15.4 Å². The molecule has 27 heavy (non-hydrogen) atoms. The molecule has 1 atom stereocenters. The first kappa shape index (κ1) is 18.7. The average Bonchev–Trinajstić information content (AvgIpc) is 3.06. The lowest BCUT2D eigenvalue weighted by Gasteiger charge is -2.07. The third kappa shape index (κ3) is 4.99. The maximum Gasteiger partial charge on any atom is 0.304 e. The van der Waals surface area contributed by atoms with Gasteiger partial charge in [-0.1, -0.05) is 11.6 Å². The molecule has 3 N–H and O–H groups in total. The Hall–Kier alpha value is -3.04. The number of aliphatic carboxylic acids is 1. The topological polar surface area (TPSA) is 116 Å². The Kier molecular flexibility index (Phi) is 5.63. The predicted octanol–water partition coefficient (Wildman–Crippen LogP) is 2.73. The molecule has 0 aliphatic rings. The molecule has 2 aromatic carbocycles. The van der Waals surface area contributed by atoms with Crippen LogP contribution in [0.4, 0.5) is 4.39 Å². The highest BCUT2D eigenvalue weighted by molar-refractivity contribution is 6.30. The van der Waals surface area contributed by atoms with Crippen LogP contribution < -0.4 is 10.5 Å². The fraction of sp³-hybridized carbons (Fsp3) is 0.176. The number of hydrogen-bond acceptors (Lipinski definition) is 6. The van der Waals surface area contributed by atoms with Gasteiger partial charge in [-0.05, 0) is 47.7 Å². The van der Waals surface area contributed by atoms with Crippen LogP contribution in [0.2, 0.25) is 5.02 Å². The van der Waals surface area contributed by atoms with Crippen molar-refractivity contribution in [2.24, 2.45) is 5.73 Å². The highest BCUT2D eigenvalue weighted by Gasteiger charge is 2.14. The summed E-state index contributed by atoms with van der Waals surface area (Å²) in [6.07, 6.45) is -0.220. The van der Waals surface area contributed by atoms with Gasteiger partial charge in [0.1, 0.15) is 5.75 Å². The second kappa shape index (κ2) is 8.11. The normalized spacial score (nSPS) is 12.0. The molecular formula is C17H15ClFN5O3. The van der Waals surface area contributed by atoms with Gasteiger partial charge in [0.2, 0.25) is 5.82 Å². The Morgan fingerprint density at radius 1 is 1.30 bits per heavy atom. The minimum absolute atomic E-state index is 0.0388. The standard InChI is InChI=1S/C17H15ClFN5O3/c18-11-2-4-13(5-3-11)27-15-6-1-10(7-14(15)19)17-21-23-24(22-17)9-12(20)8-16(25)26/h1-7,12H,8-9,20H2,(H,25,26)/t12-/m0/s1. The summed E-state index contributed by atoms with van der Waals surface area (Å²) in [7, 11) is 0.